The van der Waals surface area contributed by atoms with Crippen LogP contribution < -0.4 is 5.32 Å². The topological polar surface area (TPSA) is 66.4 Å². The van der Waals surface area contributed by atoms with Crippen LogP contribution in [0.15, 0.2) is 36.4 Å². The molecule has 0 saturated carbocycles. The highest BCUT2D eigenvalue weighted by Crippen LogP contribution is 2.29. The number of amides is 1. The lowest BCUT2D eigenvalue weighted by Crippen LogP contribution is -2.33. The van der Waals surface area contributed by atoms with E-state index >= 15 is 0 Å². The zero-order valence-corrected chi connectivity index (χ0v) is 10.7. The van der Waals surface area contributed by atoms with Crippen LogP contribution in [0, 0.1) is 5.92 Å². The summed E-state index contributed by atoms with van der Waals surface area (Å²) in [7, 11) is 0. The van der Waals surface area contributed by atoms with Crippen LogP contribution in [0.5, 0.6) is 0 Å². The third kappa shape index (κ3) is 3.62. The van der Waals surface area contributed by atoms with E-state index in [-0.39, 0.29) is 12.0 Å². The maximum atomic E-state index is 12.4. The minimum absolute atomic E-state index is 0.0928. The zero-order valence-electron chi connectivity index (χ0n) is 10.7. The molecule has 0 heterocycles. The Labute approximate surface area is 118 Å². The molecule has 1 aliphatic rings. The lowest BCUT2D eigenvalue weighted by atomic mass is 10.1. The standard InChI is InChI=1S/C14H12F3NO3/c15-14(16,17)10-4-1-8(2-5-10)12(19)18-11-6-3-9(7-11)13(20)21/h1-6,9,11H,7H2,(H,18,19)(H,20,21). The quantitative estimate of drug-likeness (QED) is 0.843. The Kier molecular flexibility index (Phi) is 4.02. The van der Waals surface area contributed by atoms with E-state index in [1.165, 1.54) is 6.08 Å². The Morgan fingerprint density at radius 1 is 1.14 bits per heavy atom. The molecule has 112 valence electrons. The maximum Gasteiger partial charge on any atom is 0.416 e. The summed E-state index contributed by atoms with van der Waals surface area (Å²) in [4.78, 5) is 22.6. The van der Waals surface area contributed by atoms with Crippen molar-refractivity contribution in [3.63, 3.8) is 0 Å². The van der Waals surface area contributed by atoms with Gasteiger partial charge in [-0.2, -0.15) is 13.2 Å². The zero-order chi connectivity index (χ0) is 15.6. The monoisotopic (exact) mass is 299 g/mol. The van der Waals surface area contributed by atoms with Crippen LogP contribution in [0.2, 0.25) is 0 Å². The lowest BCUT2D eigenvalue weighted by Gasteiger charge is -2.13. The minimum atomic E-state index is -4.45. The Morgan fingerprint density at radius 2 is 1.76 bits per heavy atom. The molecule has 0 saturated heterocycles. The molecule has 7 heteroatoms. The van der Waals surface area contributed by atoms with Gasteiger partial charge < -0.3 is 10.4 Å². The first-order valence-corrected chi connectivity index (χ1v) is 6.16. The largest absolute Gasteiger partial charge is 0.481 e. The fourth-order valence-corrected chi connectivity index (χ4v) is 2.05. The molecule has 0 spiro atoms. The van der Waals surface area contributed by atoms with E-state index in [1.807, 2.05) is 0 Å². The van der Waals surface area contributed by atoms with Crippen molar-refractivity contribution in [2.75, 3.05) is 0 Å². The Hall–Kier alpha value is -2.31. The first-order chi connectivity index (χ1) is 9.77. The van der Waals surface area contributed by atoms with Crippen molar-refractivity contribution in [2.24, 2.45) is 5.92 Å². The van der Waals surface area contributed by atoms with Crippen LogP contribution >= 0.6 is 0 Å². The van der Waals surface area contributed by atoms with E-state index < -0.39 is 35.6 Å². The molecule has 2 rings (SSSR count). The molecule has 0 bridgehead atoms. The molecule has 21 heavy (non-hydrogen) atoms. The number of aliphatic carboxylic acids is 1. The van der Waals surface area contributed by atoms with Crippen LogP contribution in [0.25, 0.3) is 0 Å². The average molecular weight is 299 g/mol. The van der Waals surface area contributed by atoms with Crippen LogP contribution in [-0.2, 0) is 11.0 Å². The van der Waals surface area contributed by atoms with Crippen molar-refractivity contribution >= 4 is 11.9 Å². The summed E-state index contributed by atoms with van der Waals surface area (Å²) in [6.45, 7) is 0. The maximum absolute atomic E-state index is 12.4. The number of hydrogen-bond acceptors (Lipinski definition) is 2. The number of halogens is 3. The molecular weight excluding hydrogens is 287 g/mol. The predicted octanol–water partition coefficient (Wildman–Crippen LogP) is 2.46. The number of carboxylic acids is 1. The number of hydrogen-bond donors (Lipinski definition) is 2. The smallest absolute Gasteiger partial charge is 0.416 e. The van der Waals surface area contributed by atoms with Crippen molar-refractivity contribution in [3.8, 4) is 0 Å². The number of carbonyl (C=O) groups excluding carboxylic acids is 1. The molecule has 2 atom stereocenters. The minimum Gasteiger partial charge on any atom is -0.481 e. The first kappa shape index (κ1) is 15.1. The van der Waals surface area contributed by atoms with Gasteiger partial charge in [0.05, 0.1) is 11.5 Å². The van der Waals surface area contributed by atoms with Gasteiger partial charge in [-0.15, -0.1) is 0 Å². The second-order valence-electron chi connectivity index (χ2n) is 4.72. The normalized spacial score (nSPS) is 21.3. The highest BCUT2D eigenvalue weighted by Gasteiger charge is 2.30. The number of carboxylic acid groups (broad SMARTS) is 1. The highest BCUT2D eigenvalue weighted by atomic mass is 19.4. The van der Waals surface area contributed by atoms with Gasteiger partial charge in [0, 0.05) is 11.6 Å². The fraction of sp³-hybridized carbons (Fsp3) is 0.286. The van der Waals surface area contributed by atoms with Crippen molar-refractivity contribution in [1.82, 2.24) is 5.32 Å². The second-order valence-corrected chi connectivity index (χ2v) is 4.72. The van der Waals surface area contributed by atoms with Crippen LogP contribution in [-0.4, -0.2) is 23.0 Å². The van der Waals surface area contributed by atoms with E-state index in [0.29, 0.717) is 0 Å². The fourth-order valence-electron chi connectivity index (χ4n) is 2.05. The van der Waals surface area contributed by atoms with Gasteiger partial charge in [0.1, 0.15) is 0 Å². The van der Waals surface area contributed by atoms with Crippen molar-refractivity contribution in [2.45, 2.75) is 18.6 Å². The molecule has 2 unspecified atom stereocenters. The van der Waals surface area contributed by atoms with Crippen molar-refractivity contribution in [1.29, 1.82) is 0 Å². The van der Waals surface area contributed by atoms with Gasteiger partial charge in [0.15, 0.2) is 0 Å². The van der Waals surface area contributed by atoms with E-state index in [2.05, 4.69) is 5.32 Å². The third-order valence-electron chi connectivity index (χ3n) is 3.19. The number of nitrogens with one attached hydrogen (secondary N) is 1. The summed E-state index contributed by atoms with van der Waals surface area (Å²) in [6.07, 6.45) is -1.15. The Balaban J connectivity index is 1.99. The van der Waals surface area contributed by atoms with Gasteiger partial charge in [-0.25, -0.2) is 0 Å². The molecule has 1 aliphatic carbocycles. The van der Waals surface area contributed by atoms with Gasteiger partial charge >= 0.3 is 12.1 Å². The van der Waals surface area contributed by atoms with Crippen LogP contribution in [0.3, 0.4) is 0 Å². The molecule has 1 aromatic carbocycles. The molecule has 0 aromatic heterocycles. The van der Waals surface area contributed by atoms with Gasteiger partial charge in [-0.1, -0.05) is 12.2 Å². The van der Waals surface area contributed by atoms with Gasteiger partial charge in [0.2, 0.25) is 0 Å². The van der Waals surface area contributed by atoms with Gasteiger partial charge in [0.25, 0.3) is 5.91 Å². The summed E-state index contributed by atoms with van der Waals surface area (Å²) < 4.78 is 37.2. The molecule has 1 aromatic rings. The third-order valence-corrected chi connectivity index (χ3v) is 3.19. The van der Waals surface area contributed by atoms with E-state index in [4.69, 9.17) is 5.11 Å². The van der Waals surface area contributed by atoms with E-state index in [9.17, 15) is 22.8 Å². The summed E-state index contributed by atoms with van der Waals surface area (Å²) >= 11 is 0. The van der Waals surface area contributed by atoms with Crippen molar-refractivity contribution in [3.05, 3.63) is 47.5 Å². The Bertz CT molecular complexity index is 578. The second kappa shape index (κ2) is 5.59. The van der Waals surface area contributed by atoms with E-state index in [1.54, 1.807) is 6.08 Å². The molecule has 0 fully saturated rings. The first-order valence-electron chi connectivity index (χ1n) is 6.16. The lowest BCUT2D eigenvalue weighted by molar-refractivity contribution is -0.140. The molecule has 0 radical (unpaired) electrons. The molecule has 4 nitrogen and oxygen atoms in total. The summed E-state index contributed by atoms with van der Waals surface area (Å²) in [5.74, 6) is -2.16. The average Bonchev–Trinajstić information content (AvgIpc) is 2.86. The van der Waals surface area contributed by atoms with Crippen LogP contribution in [0.4, 0.5) is 13.2 Å². The summed E-state index contributed by atoms with van der Waals surface area (Å²) in [6, 6.07) is 3.41. The summed E-state index contributed by atoms with van der Waals surface area (Å²) in [5.41, 5.74) is -0.735. The summed E-state index contributed by atoms with van der Waals surface area (Å²) in [5, 5.41) is 11.4. The van der Waals surface area contributed by atoms with E-state index in [0.717, 1.165) is 24.3 Å². The number of benzene rings is 1. The van der Waals surface area contributed by atoms with Crippen LogP contribution in [0.1, 0.15) is 22.3 Å². The number of carbonyl (C=O) groups is 2. The molecular formula is C14H12F3NO3. The molecule has 2 N–H and O–H groups in total. The van der Waals surface area contributed by atoms with Gasteiger partial charge in [-0.05, 0) is 30.7 Å². The molecule has 0 aliphatic heterocycles. The predicted molar refractivity (Wildman–Crippen MR) is 67.6 cm³/mol. The molecule has 1 amide bonds. The number of rotatable bonds is 3. The highest BCUT2D eigenvalue weighted by molar-refractivity contribution is 5.94. The number of alkyl halides is 3. The van der Waals surface area contributed by atoms with Crippen molar-refractivity contribution < 1.29 is 27.9 Å². The Morgan fingerprint density at radius 3 is 2.24 bits per heavy atom. The SMILES string of the molecule is O=C(NC1C=CC(C(=O)O)C1)c1ccc(C(F)(F)F)cc1. The van der Waals surface area contributed by atoms with Gasteiger partial charge in [-0.3, -0.25) is 9.59 Å².